The smallest absolute Gasteiger partial charge is 0.336 e. The van der Waals surface area contributed by atoms with E-state index in [-0.39, 0.29) is 0 Å². The highest BCUT2D eigenvalue weighted by molar-refractivity contribution is 5.88. The first-order valence-electron chi connectivity index (χ1n) is 7.75. The first kappa shape index (κ1) is 17.6. The average molecular weight is 326 g/mol. The quantitative estimate of drug-likeness (QED) is 0.447. The van der Waals surface area contributed by atoms with Crippen LogP contribution in [0.5, 0.6) is 17.2 Å². The molecule has 2 aromatic rings. The number of benzene rings is 2. The Morgan fingerprint density at radius 1 is 0.958 bits per heavy atom. The summed E-state index contributed by atoms with van der Waals surface area (Å²) in [4.78, 5) is 11.9. The molecule has 0 radical (unpaired) electrons. The Bertz CT molecular complexity index is 715. The maximum atomic E-state index is 11.9. The molecule has 4 heteroatoms. The van der Waals surface area contributed by atoms with Gasteiger partial charge in [0.05, 0.1) is 14.2 Å². The van der Waals surface area contributed by atoms with E-state index in [0.717, 1.165) is 5.56 Å². The number of hydrogen-bond acceptors (Lipinski definition) is 4. The van der Waals surface area contributed by atoms with Crippen LogP contribution in [-0.2, 0) is 4.79 Å². The molecule has 24 heavy (non-hydrogen) atoms. The second kappa shape index (κ2) is 8.20. The van der Waals surface area contributed by atoms with Gasteiger partial charge in [-0.25, -0.2) is 4.79 Å². The van der Waals surface area contributed by atoms with Gasteiger partial charge in [-0.1, -0.05) is 32.0 Å². The number of methoxy groups -OCH3 is 2. The first-order chi connectivity index (χ1) is 11.5. The molecule has 0 amide bonds. The largest absolute Gasteiger partial charge is 0.493 e. The summed E-state index contributed by atoms with van der Waals surface area (Å²) in [6.45, 7) is 4.24. The molecule has 2 aromatic carbocycles. The van der Waals surface area contributed by atoms with E-state index < -0.39 is 5.97 Å². The van der Waals surface area contributed by atoms with Crippen molar-refractivity contribution in [1.82, 2.24) is 0 Å². The van der Waals surface area contributed by atoms with Crippen LogP contribution >= 0.6 is 0 Å². The fourth-order valence-corrected chi connectivity index (χ4v) is 2.19. The molecule has 0 aliphatic heterocycles. The van der Waals surface area contributed by atoms with E-state index >= 15 is 0 Å². The van der Waals surface area contributed by atoms with Crippen LogP contribution in [0.2, 0.25) is 0 Å². The van der Waals surface area contributed by atoms with Gasteiger partial charge in [-0.15, -0.1) is 0 Å². The van der Waals surface area contributed by atoms with Crippen LogP contribution in [-0.4, -0.2) is 20.2 Å². The van der Waals surface area contributed by atoms with Crippen molar-refractivity contribution in [3.8, 4) is 17.2 Å². The van der Waals surface area contributed by atoms with Gasteiger partial charge in [-0.05, 0) is 47.4 Å². The third kappa shape index (κ3) is 4.62. The van der Waals surface area contributed by atoms with Crippen LogP contribution in [0.4, 0.5) is 0 Å². The SMILES string of the molecule is COc1ccc(C=CC(=O)Oc2ccc(C(C)C)cc2)cc1OC. The number of esters is 1. The number of carbonyl (C=O) groups is 1. The van der Waals surface area contributed by atoms with Crippen LogP contribution < -0.4 is 14.2 Å². The molecule has 0 bridgehead atoms. The van der Waals surface area contributed by atoms with Gasteiger partial charge in [-0.3, -0.25) is 0 Å². The molecule has 126 valence electrons. The standard InChI is InChI=1S/C20H22O4/c1-14(2)16-7-9-17(10-8-16)24-20(21)12-6-15-5-11-18(22-3)19(13-15)23-4/h5-14H,1-4H3. The van der Waals surface area contributed by atoms with Gasteiger partial charge < -0.3 is 14.2 Å². The second-order valence-corrected chi connectivity index (χ2v) is 5.59. The summed E-state index contributed by atoms with van der Waals surface area (Å²) in [5.41, 5.74) is 2.02. The molecule has 0 N–H and O–H groups in total. The summed E-state index contributed by atoms with van der Waals surface area (Å²) in [5, 5.41) is 0. The summed E-state index contributed by atoms with van der Waals surface area (Å²) >= 11 is 0. The van der Waals surface area contributed by atoms with Crippen molar-refractivity contribution < 1.29 is 19.0 Å². The Hall–Kier alpha value is -2.75. The number of hydrogen-bond donors (Lipinski definition) is 0. The fourth-order valence-electron chi connectivity index (χ4n) is 2.19. The predicted molar refractivity (Wildman–Crippen MR) is 94.7 cm³/mol. The van der Waals surface area contributed by atoms with Gasteiger partial charge in [0.25, 0.3) is 0 Å². The summed E-state index contributed by atoms with van der Waals surface area (Å²) in [7, 11) is 3.15. The highest BCUT2D eigenvalue weighted by Crippen LogP contribution is 2.28. The second-order valence-electron chi connectivity index (χ2n) is 5.59. The molecule has 0 aliphatic rings. The van der Waals surface area contributed by atoms with Crippen LogP contribution in [0.15, 0.2) is 48.5 Å². The summed E-state index contributed by atoms with van der Waals surface area (Å²) in [6, 6.07) is 12.9. The van der Waals surface area contributed by atoms with Crippen molar-refractivity contribution in [2.24, 2.45) is 0 Å². The first-order valence-corrected chi connectivity index (χ1v) is 7.75. The van der Waals surface area contributed by atoms with Crippen molar-refractivity contribution in [3.05, 3.63) is 59.7 Å². The molecule has 0 heterocycles. The van der Waals surface area contributed by atoms with E-state index in [2.05, 4.69) is 13.8 Å². The molecule has 0 aromatic heterocycles. The van der Waals surface area contributed by atoms with Crippen molar-refractivity contribution in [2.45, 2.75) is 19.8 Å². The maximum absolute atomic E-state index is 11.9. The van der Waals surface area contributed by atoms with E-state index in [4.69, 9.17) is 14.2 Å². The minimum absolute atomic E-state index is 0.429. The Labute approximate surface area is 142 Å². The molecule has 0 aliphatic carbocycles. The number of ether oxygens (including phenoxy) is 3. The van der Waals surface area contributed by atoms with E-state index in [1.807, 2.05) is 18.2 Å². The van der Waals surface area contributed by atoms with E-state index in [0.29, 0.717) is 23.2 Å². The Kier molecular flexibility index (Phi) is 6.01. The third-order valence-corrected chi connectivity index (χ3v) is 3.58. The van der Waals surface area contributed by atoms with Gasteiger partial charge in [0.2, 0.25) is 0 Å². The zero-order chi connectivity index (χ0) is 17.5. The number of rotatable bonds is 6. The van der Waals surface area contributed by atoms with E-state index in [1.165, 1.54) is 11.6 Å². The molecule has 0 spiro atoms. The summed E-state index contributed by atoms with van der Waals surface area (Å²) in [6.07, 6.45) is 3.06. The molecule has 0 fully saturated rings. The van der Waals surface area contributed by atoms with E-state index in [1.54, 1.807) is 44.6 Å². The topological polar surface area (TPSA) is 44.8 Å². The average Bonchev–Trinajstić information content (AvgIpc) is 2.60. The Morgan fingerprint density at radius 3 is 2.21 bits per heavy atom. The van der Waals surface area contributed by atoms with Crippen LogP contribution in [0, 0.1) is 0 Å². The van der Waals surface area contributed by atoms with Crippen LogP contribution in [0.25, 0.3) is 6.08 Å². The molecular formula is C20H22O4. The zero-order valence-corrected chi connectivity index (χ0v) is 14.4. The van der Waals surface area contributed by atoms with Gasteiger partial charge in [0.15, 0.2) is 11.5 Å². The normalized spacial score (nSPS) is 10.9. The van der Waals surface area contributed by atoms with Crippen molar-refractivity contribution in [2.75, 3.05) is 14.2 Å². The molecular weight excluding hydrogens is 304 g/mol. The van der Waals surface area contributed by atoms with Crippen LogP contribution in [0.3, 0.4) is 0 Å². The van der Waals surface area contributed by atoms with Crippen molar-refractivity contribution >= 4 is 12.0 Å². The fraction of sp³-hybridized carbons (Fsp3) is 0.250. The zero-order valence-electron chi connectivity index (χ0n) is 14.4. The van der Waals surface area contributed by atoms with Crippen molar-refractivity contribution in [3.63, 3.8) is 0 Å². The van der Waals surface area contributed by atoms with Crippen LogP contribution in [0.1, 0.15) is 30.9 Å². The minimum Gasteiger partial charge on any atom is -0.493 e. The summed E-state index contributed by atoms with van der Waals surface area (Å²) in [5.74, 6) is 1.79. The minimum atomic E-state index is -0.429. The summed E-state index contributed by atoms with van der Waals surface area (Å²) < 4.78 is 15.7. The third-order valence-electron chi connectivity index (χ3n) is 3.58. The lowest BCUT2D eigenvalue weighted by Gasteiger charge is -2.08. The Balaban J connectivity index is 2.02. The van der Waals surface area contributed by atoms with Gasteiger partial charge in [-0.2, -0.15) is 0 Å². The lowest BCUT2D eigenvalue weighted by atomic mass is 10.0. The van der Waals surface area contributed by atoms with E-state index in [9.17, 15) is 4.79 Å². The van der Waals surface area contributed by atoms with Crippen molar-refractivity contribution in [1.29, 1.82) is 0 Å². The van der Waals surface area contributed by atoms with Gasteiger partial charge in [0, 0.05) is 6.08 Å². The highest BCUT2D eigenvalue weighted by Gasteiger charge is 2.05. The van der Waals surface area contributed by atoms with Gasteiger partial charge in [0.1, 0.15) is 5.75 Å². The van der Waals surface area contributed by atoms with Gasteiger partial charge >= 0.3 is 5.97 Å². The molecule has 0 unspecified atom stereocenters. The lowest BCUT2D eigenvalue weighted by Crippen LogP contribution is -2.03. The predicted octanol–water partition coefficient (Wildman–Crippen LogP) is 4.45. The Morgan fingerprint density at radius 2 is 1.62 bits per heavy atom. The monoisotopic (exact) mass is 326 g/mol. The molecule has 2 rings (SSSR count). The molecule has 0 saturated heterocycles. The molecule has 4 nitrogen and oxygen atoms in total. The lowest BCUT2D eigenvalue weighted by molar-refractivity contribution is -0.128. The molecule has 0 atom stereocenters. The number of carbonyl (C=O) groups excluding carboxylic acids is 1. The molecule has 0 saturated carbocycles. The highest BCUT2D eigenvalue weighted by atomic mass is 16.5. The maximum Gasteiger partial charge on any atom is 0.336 e.